The fraction of sp³-hybridized carbons (Fsp3) is 0.783. The molecule has 0 aromatic carbocycles. The molecule has 0 N–H and O–H groups in total. The number of halogens is 2. The van der Waals surface area contributed by atoms with Crippen LogP contribution in [0.15, 0.2) is 18.2 Å². The van der Waals surface area contributed by atoms with Crippen molar-refractivity contribution in [2.75, 3.05) is 13.1 Å². The second-order valence-electron chi connectivity index (χ2n) is 8.84. The molecule has 2 bridgehead atoms. The zero-order valence-corrected chi connectivity index (χ0v) is 21.3. The summed E-state index contributed by atoms with van der Waals surface area (Å²) in [7, 11) is 9.59. The van der Waals surface area contributed by atoms with Crippen molar-refractivity contribution in [2.24, 2.45) is 0 Å². The van der Waals surface area contributed by atoms with Crippen molar-refractivity contribution in [3.8, 4) is 0 Å². The second-order valence-corrected chi connectivity index (χ2v) is 10.8. The molecule has 4 rings (SSSR count). The van der Waals surface area contributed by atoms with Crippen molar-refractivity contribution in [3.63, 3.8) is 0 Å². The summed E-state index contributed by atoms with van der Waals surface area (Å²) in [5.74, 6) is 0. The van der Waals surface area contributed by atoms with E-state index >= 15 is 0 Å². The van der Waals surface area contributed by atoms with Gasteiger partial charge in [0.05, 0.1) is 0 Å². The summed E-state index contributed by atoms with van der Waals surface area (Å²) in [5.41, 5.74) is 2.15. The quantitative estimate of drug-likeness (QED) is 0.332. The van der Waals surface area contributed by atoms with Crippen LogP contribution in [0, 0.1) is 0 Å². The molecule has 0 saturated heterocycles. The molecule has 6 atom stereocenters. The molecule has 2 aliphatic carbocycles. The molecule has 0 radical (unpaired) electrons. The van der Waals surface area contributed by atoms with Gasteiger partial charge in [0.2, 0.25) is 0 Å². The maximum atomic E-state index is 5.16. The maximum absolute atomic E-state index is 5.16. The van der Waals surface area contributed by atoms with Crippen LogP contribution in [0.3, 0.4) is 0 Å². The van der Waals surface area contributed by atoms with Gasteiger partial charge in [-0.25, -0.2) is 0 Å². The molecule has 2 fully saturated rings. The molecule has 2 heterocycles. The first-order valence-electron chi connectivity index (χ1n) is 11.7. The predicted octanol–water partition coefficient (Wildman–Crippen LogP) is 7.71. The van der Waals surface area contributed by atoms with E-state index in [2.05, 4.69) is 32.0 Å². The Morgan fingerprint density at radius 2 is 1.13 bits per heavy atom. The summed E-state index contributed by atoms with van der Waals surface area (Å²) >= 11 is 0.00694. The van der Waals surface area contributed by atoms with E-state index in [4.69, 9.17) is 46.4 Å². The van der Waals surface area contributed by atoms with Gasteiger partial charge in [-0.1, -0.05) is 83.4 Å². The summed E-state index contributed by atoms with van der Waals surface area (Å²) in [4.78, 5) is 4.97. The molecular weight excluding hydrogens is 472 g/mol. The van der Waals surface area contributed by atoms with Gasteiger partial charge in [0, 0.05) is 11.4 Å². The standard InChI is InChI=1S/C23H35N5.2ClH.Mn/c1-16-18-12-7-13-19(28-18)17(2)27-23-11-6-4-9-21(23)25-15-14-24-20-8-3-5-10-22(20)26-16;;;/h7,12-13,16-17,20-23H,3-6,8-11,14-15H2,1-2H3;2*1H;/q-4;;;+2/p-2/t16-,17-,20+,21+,22+,23+;;;/m0.../s1. The first kappa shape index (κ1) is 25.7. The van der Waals surface area contributed by atoms with Crippen LogP contribution in [0.5, 0.6) is 0 Å². The van der Waals surface area contributed by atoms with Gasteiger partial charge < -0.3 is 21.3 Å². The van der Waals surface area contributed by atoms with Crippen LogP contribution >= 0.6 is 20.2 Å². The van der Waals surface area contributed by atoms with Crippen LogP contribution in [-0.4, -0.2) is 42.2 Å². The Kier molecular flexibility index (Phi) is 11.4. The van der Waals surface area contributed by atoms with Gasteiger partial charge >= 0.3 is 33.3 Å². The SMILES string of the molecule is C[C@@H]1[N-][C@@H]2CCCC[C@H]2[N-]CC[N-][C@@H]2CCCC[C@H]2[N-][C@@H](C)c2cccc1n2.[Cl][Mn][Cl]. The number of hydrogen-bond donors (Lipinski definition) is 0. The molecule has 177 valence electrons. The Bertz CT molecular complexity index is 603. The third-order valence-corrected chi connectivity index (χ3v) is 6.69. The molecule has 0 amide bonds. The fourth-order valence-corrected chi connectivity index (χ4v) is 5.07. The first-order chi connectivity index (χ1) is 15.1. The third kappa shape index (κ3) is 7.82. The number of pyridine rings is 1. The Morgan fingerprint density at radius 1 is 0.742 bits per heavy atom. The molecule has 5 nitrogen and oxygen atoms in total. The van der Waals surface area contributed by atoms with Gasteiger partial charge in [-0.2, -0.15) is 37.3 Å². The minimum absolute atomic E-state index is 0.00694. The van der Waals surface area contributed by atoms with E-state index in [-0.39, 0.29) is 25.2 Å². The molecule has 8 heteroatoms. The number of fused-ring (bicyclic) bond motifs is 4. The average Bonchev–Trinajstić information content (AvgIpc) is 2.79. The number of rotatable bonds is 0. The van der Waals surface area contributed by atoms with Gasteiger partial charge in [-0.05, 0) is 12.1 Å². The van der Waals surface area contributed by atoms with Crippen LogP contribution in [0.1, 0.15) is 88.7 Å². The summed E-state index contributed by atoms with van der Waals surface area (Å²) in [6.45, 7) is 6.06. The van der Waals surface area contributed by atoms with Gasteiger partial charge in [0.25, 0.3) is 0 Å². The van der Waals surface area contributed by atoms with Crippen molar-refractivity contribution < 1.29 is 13.1 Å². The van der Waals surface area contributed by atoms with Crippen molar-refractivity contribution >= 4 is 20.2 Å². The third-order valence-electron chi connectivity index (χ3n) is 6.69. The zero-order chi connectivity index (χ0) is 22.1. The van der Waals surface area contributed by atoms with Crippen molar-refractivity contribution in [3.05, 3.63) is 50.9 Å². The van der Waals surface area contributed by atoms with E-state index in [0.717, 1.165) is 37.3 Å². The summed E-state index contributed by atoms with van der Waals surface area (Å²) in [6, 6.07) is 8.00. The van der Waals surface area contributed by atoms with Crippen LogP contribution in [0.2, 0.25) is 0 Å². The molecule has 0 unspecified atom stereocenters. The van der Waals surface area contributed by atoms with Gasteiger partial charge in [0.1, 0.15) is 0 Å². The van der Waals surface area contributed by atoms with E-state index in [1.807, 2.05) is 0 Å². The molecule has 3 aliphatic rings. The van der Waals surface area contributed by atoms with E-state index < -0.39 is 0 Å². The van der Waals surface area contributed by atoms with E-state index in [1.54, 1.807) is 0 Å². The molecule has 1 aliphatic heterocycles. The topological polar surface area (TPSA) is 69.3 Å². The average molecular weight is 507 g/mol. The van der Waals surface area contributed by atoms with Crippen LogP contribution in [0.4, 0.5) is 0 Å². The Hall–Kier alpha value is 0.0895. The summed E-state index contributed by atoms with van der Waals surface area (Å²) in [6.07, 6.45) is 9.76. The van der Waals surface area contributed by atoms with Crippen molar-refractivity contribution in [2.45, 2.75) is 101 Å². The molecule has 1 aromatic rings. The van der Waals surface area contributed by atoms with Crippen molar-refractivity contribution in [1.29, 1.82) is 0 Å². The summed E-state index contributed by atoms with van der Waals surface area (Å²) in [5, 5.41) is 20.4. The second kappa shape index (κ2) is 13.7. The van der Waals surface area contributed by atoms with Crippen molar-refractivity contribution in [1.82, 2.24) is 4.98 Å². The zero-order valence-electron chi connectivity index (χ0n) is 18.6. The molecule has 2 saturated carbocycles. The predicted molar refractivity (Wildman–Crippen MR) is 128 cm³/mol. The number of nitrogens with zero attached hydrogens (tertiary/aromatic N) is 5. The Labute approximate surface area is 203 Å². The van der Waals surface area contributed by atoms with E-state index in [0.29, 0.717) is 24.2 Å². The van der Waals surface area contributed by atoms with Crippen LogP contribution < -0.4 is 0 Å². The number of aromatic nitrogens is 1. The number of hydrogen-bond acceptors (Lipinski definition) is 1. The monoisotopic (exact) mass is 506 g/mol. The molecule has 31 heavy (non-hydrogen) atoms. The minimum atomic E-state index is 0.00694. The normalized spacial score (nSPS) is 34.7. The van der Waals surface area contributed by atoms with E-state index in [1.165, 1.54) is 38.5 Å². The Morgan fingerprint density at radius 3 is 1.55 bits per heavy atom. The fourth-order valence-electron chi connectivity index (χ4n) is 5.07. The Balaban J connectivity index is 0.000000858. The molecule has 0 spiro atoms. The van der Waals surface area contributed by atoms with Gasteiger partial charge in [-0.3, -0.25) is 4.98 Å². The molecular formula is C23H35Cl2MnN5-4. The van der Waals surface area contributed by atoms with Crippen LogP contribution in [0.25, 0.3) is 21.3 Å². The van der Waals surface area contributed by atoms with E-state index in [9.17, 15) is 0 Å². The first-order valence-corrected chi connectivity index (χ1v) is 14.9. The van der Waals surface area contributed by atoms with Crippen LogP contribution in [-0.2, 0) is 13.1 Å². The summed E-state index contributed by atoms with van der Waals surface area (Å²) < 4.78 is 0. The van der Waals surface area contributed by atoms with Gasteiger partial charge in [0.15, 0.2) is 0 Å². The van der Waals surface area contributed by atoms with Gasteiger partial charge in [-0.15, -0.1) is 0 Å². The molecule has 1 aromatic heterocycles.